The predicted octanol–water partition coefficient (Wildman–Crippen LogP) is 0.0353. The van der Waals surface area contributed by atoms with E-state index < -0.39 is 10.8 Å². The van der Waals surface area contributed by atoms with Crippen LogP contribution in [0.5, 0.6) is 0 Å². The van der Waals surface area contributed by atoms with E-state index in [9.17, 15) is 9.00 Å². The molecular weight excluding hydrogens is 212 g/mol. The van der Waals surface area contributed by atoms with Crippen molar-refractivity contribution in [1.82, 2.24) is 10.6 Å². The highest BCUT2D eigenvalue weighted by atomic mass is 32.2. The topological polar surface area (TPSA) is 58.2 Å². The summed E-state index contributed by atoms with van der Waals surface area (Å²) in [6.07, 6.45) is 4.15. The maximum Gasteiger partial charge on any atom is 0.237 e. The minimum Gasteiger partial charge on any atom is -0.351 e. The van der Waals surface area contributed by atoms with Crippen LogP contribution in [0.2, 0.25) is 0 Å². The van der Waals surface area contributed by atoms with Gasteiger partial charge in [-0.3, -0.25) is 9.00 Å². The first-order chi connectivity index (χ1) is 7.07. The highest BCUT2D eigenvalue weighted by Gasteiger charge is 2.09. The first-order valence-corrected chi connectivity index (χ1v) is 6.72. The molecule has 0 aliphatic rings. The zero-order valence-corrected chi connectivity index (χ0v) is 10.2. The third-order valence-electron chi connectivity index (χ3n) is 1.87. The van der Waals surface area contributed by atoms with Gasteiger partial charge in [-0.25, -0.2) is 0 Å². The van der Waals surface area contributed by atoms with E-state index in [2.05, 4.69) is 17.2 Å². The van der Waals surface area contributed by atoms with Crippen molar-refractivity contribution in [2.45, 2.75) is 19.4 Å². The molecule has 15 heavy (non-hydrogen) atoms. The highest BCUT2D eigenvalue weighted by Crippen LogP contribution is 1.86. The van der Waals surface area contributed by atoms with Crippen molar-refractivity contribution < 1.29 is 9.00 Å². The summed E-state index contributed by atoms with van der Waals surface area (Å²) in [7, 11) is -0.750. The average Bonchev–Trinajstić information content (AvgIpc) is 2.20. The Hall–Kier alpha value is -0.680. The molecule has 4 nitrogen and oxygen atoms in total. The molecule has 2 atom stereocenters. The molecule has 0 aromatic carbocycles. The van der Waals surface area contributed by atoms with E-state index in [1.807, 2.05) is 0 Å². The number of carbonyl (C=O) groups is 1. The first-order valence-electron chi connectivity index (χ1n) is 5.00. The van der Waals surface area contributed by atoms with Gasteiger partial charge < -0.3 is 10.6 Å². The highest BCUT2D eigenvalue weighted by molar-refractivity contribution is 7.84. The van der Waals surface area contributed by atoms with E-state index in [1.165, 1.54) is 0 Å². The maximum absolute atomic E-state index is 11.3. The molecule has 0 radical (unpaired) electrons. The van der Waals surface area contributed by atoms with Crippen LogP contribution in [-0.2, 0) is 15.6 Å². The molecule has 5 heteroatoms. The van der Waals surface area contributed by atoms with Crippen molar-refractivity contribution in [2.75, 3.05) is 25.1 Å². The second-order valence-corrected chi connectivity index (χ2v) is 4.90. The van der Waals surface area contributed by atoms with Gasteiger partial charge in [0.2, 0.25) is 5.91 Å². The largest absolute Gasteiger partial charge is 0.351 e. The zero-order valence-electron chi connectivity index (χ0n) is 9.41. The Morgan fingerprint density at radius 3 is 2.80 bits per heavy atom. The molecule has 0 bridgehead atoms. The van der Waals surface area contributed by atoms with Crippen molar-refractivity contribution in [3.05, 3.63) is 12.7 Å². The molecule has 0 heterocycles. The van der Waals surface area contributed by atoms with Crippen LogP contribution in [0.4, 0.5) is 0 Å². The summed E-state index contributed by atoms with van der Waals surface area (Å²) >= 11 is 0. The minimum absolute atomic E-state index is 0.0347. The Morgan fingerprint density at radius 2 is 2.27 bits per heavy atom. The van der Waals surface area contributed by atoms with E-state index in [1.54, 1.807) is 19.3 Å². The van der Waals surface area contributed by atoms with Crippen LogP contribution in [-0.4, -0.2) is 41.3 Å². The quantitative estimate of drug-likeness (QED) is 0.459. The molecule has 2 unspecified atom stereocenters. The standard InChI is InChI=1S/C10H20N2O2S/c1-4-6-12-10(13)9(2)11-7-5-8-15(3)14/h4,9,11H,1,5-8H2,2-3H3,(H,12,13). The summed E-state index contributed by atoms with van der Waals surface area (Å²) < 4.78 is 10.8. The fourth-order valence-corrected chi connectivity index (χ4v) is 1.56. The van der Waals surface area contributed by atoms with Crippen molar-refractivity contribution in [3.8, 4) is 0 Å². The number of amides is 1. The van der Waals surface area contributed by atoms with Gasteiger partial charge in [0.05, 0.1) is 6.04 Å². The minimum atomic E-state index is -0.750. The van der Waals surface area contributed by atoms with Crippen LogP contribution in [0.3, 0.4) is 0 Å². The fraction of sp³-hybridized carbons (Fsp3) is 0.700. The molecule has 0 aliphatic heterocycles. The zero-order chi connectivity index (χ0) is 11.7. The third kappa shape index (κ3) is 8.32. The van der Waals surface area contributed by atoms with E-state index in [0.717, 1.165) is 6.42 Å². The van der Waals surface area contributed by atoms with Crippen LogP contribution < -0.4 is 10.6 Å². The fourth-order valence-electron chi connectivity index (χ4n) is 1.01. The summed E-state index contributed by atoms with van der Waals surface area (Å²) in [5.74, 6) is 0.640. The lowest BCUT2D eigenvalue weighted by Gasteiger charge is -2.12. The second-order valence-electron chi connectivity index (χ2n) is 3.34. The van der Waals surface area contributed by atoms with Gasteiger partial charge in [0.15, 0.2) is 0 Å². The van der Waals surface area contributed by atoms with Crippen LogP contribution in [0, 0.1) is 0 Å². The van der Waals surface area contributed by atoms with Crippen LogP contribution >= 0.6 is 0 Å². The van der Waals surface area contributed by atoms with Crippen LogP contribution in [0.15, 0.2) is 12.7 Å². The molecule has 0 saturated carbocycles. The van der Waals surface area contributed by atoms with Gasteiger partial charge in [-0.1, -0.05) is 6.08 Å². The van der Waals surface area contributed by atoms with Gasteiger partial charge >= 0.3 is 0 Å². The normalized spacial score (nSPS) is 14.3. The SMILES string of the molecule is C=CCNC(=O)C(C)NCCCS(C)=O. The molecule has 0 rings (SSSR count). The van der Waals surface area contributed by atoms with Crippen molar-refractivity contribution in [1.29, 1.82) is 0 Å². The lowest BCUT2D eigenvalue weighted by Crippen LogP contribution is -2.42. The number of nitrogens with one attached hydrogen (secondary N) is 2. The van der Waals surface area contributed by atoms with Crippen molar-refractivity contribution in [2.24, 2.45) is 0 Å². The number of carbonyl (C=O) groups excluding carboxylic acids is 1. The molecular formula is C10H20N2O2S. The summed E-state index contributed by atoms with van der Waals surface area (Å²) in [6, 6.07) is -0.213. The molecule has 0 spiro atoms. The molecule has 0 aromatic heterocycles. The Morgan fingerprint density at radius 1 is 1.60 bits per heavy atom. The molecule has 1 amide bonds. The number of rotatable bonds is 8. The van der Waals surface area contributed by atoms with E-state index >= 15 is 0 Å². The smallest absolute Gasteiger partial charge is 0.237 e. The molecule has 88 valence electrons. The number of hydrogen-bond donors (Lipinski definition) is 2. The van der Waals surface area contributed by atoms with Gasteiger partial charge in [0.1, 0.15) is 0 Å². The summed E-state index contributed by atoms with van der Waals surface area (Å²) in [5, 5.41) is 5.77. The van der Waals surface area contributed by atoms with E-state index in [0.29, 0.717) is 18.8 Å². The van der Waals surface area contributed by atoms with Gasteiger partial charge in [-0.15, -0.1) is 6.58 Å². The number of hydrogen-bond acceptors (Lipinski definition) is 3. The summed E-state index contributed by atoms with van der Waals surface area (Å²) in [4.78, 5) is 11.3. The molecule has 0 saturated heterocycles. The Balaban J connectivity index is 3.54. The van der Waals surface area contributed by atoms with Gasteiger partial charge in [-0.2, -0.15) is 0 Å². The van der Waals surface area contributed by atoms with Gasteiger partial charge in [0, 0.05) is 29.4 Å². The van der Waals surface area contributed by atoms with Gasteiger partial charge in [-0.05, 0) is 19.9 Å². The maximum atomic E-state index is 11.3. The third-order valence-corrected chi connectivity index (χ3v) is 2.74. The monoisotopic (exact) mass is 232 g/mol. The van der Waals surface area contributed by atoms with Crippen molar-refractivity contribution >= 4 is 16.7 Å². The Labute approximate surface area is 94.0 Å². The molecule has 0 aliphatic carbocycles. The summed E-state index contributed by atoms with van der Waals surface area (Å²) in [5.41, 5.74) is 0. The second kappa shape index (κ2) is 8.61. The van der Waals surface area contributed by atoms with E-state index in [4.69, 9.17) is 0 Å². The van der Waals surface area contributed by atoms with Gasteiger partial charge in [0.25, 0.3) is 0 Å². The lowest BCUT2D eigenvalue weighted by molar-refractivity contribution is -0.122. The van der Waals surface area contributed by atoms with E-state index in [-0.39, 0.29) is 11.9 Å². The first kappa shape index (κ1) is 14.3. The Bertz CT molecular complexity index is 231. The lowest BCUT2D eigenvalue weighted by atomic mass is 10.3. The summed E-state index contributed by atoms with van der Waals surface area (Å²) in [6.45, 7) is 6.53. The molecule has 0 aromatic rings. The Kier molecular flexibility index (Phi) is 8.22. The molecule has 2 N–H and O–H groups in total. The predicted molar refractivity (Wildman–Crippen MR) is 64.2 cm³/mol. The van der Waals surface area contributed by atoms with Crippen LogP contribution in [0.25, 0.3) is 0 Å². The average molecular weight is 232 g/mol. The van der Waals surface area contributed by atoms with Crippen LogP contribution in [0.1, 0.15) is 13.3 Å². The molecule has 0 fully saturated rings. The van der Waals surface area contributed by atoms with Crippen molar-refractivity contribution in [3.63, 3.8) is 0 Å².